The first kappa shape index (κ1) is 23.8. The summed E-state index contributed by atoms with van der Waals surface area (Å²) in [6.07, 6.45) is 11.2. The zero-order valence-electron chi connectivity index (χ0n) is 20.7. The van der Waals surface area contributed by atoms with Crippen molar-refractivity contribution in [3.05, 3.63) is 35.6 Å². The lowest BCUT2D eigenvalue weighted by molar-refractivity contribution is -0.147. The summed E-state index contributed by atoms with van der Waals surface area (Å²) in [5.41, 5.74) is 0.249. The summed E-state index contributed by atoms with van der Waals surface area (Å²) < 4.78 is 14.4. The predicted octanol–water partition coefficient (Wildman–Crippen LogP) is 4.74. The van der Waals surface area contributed by atoms with Crippen LogP contribution in [0.25, 0.3) is 0 Å². The smallest absolute Gasteiger partial charge is 0.228 e. The zero-order valence-corrected chi connectivity index (χ0v) is 20.7. The van der Waals surface area contributed by atoms with Crippen molar-refractivity contribution in [3.63, 3.8) is 0 Å². The van der Waals surface area contributed by atoms with E-state index in [9.17, 15) is 14.0 Å². The summed E-state index contributed by atoms with van der Waals surface area (Å²) in [7, 11) is 0. The maximum Gasteiger partial charge on any atom is 0.228 e. The Morgan fingerprint density at radius 2 is 1.68 bits per heavy atom. The van der Waals surface area contributed by atoms with E-state index in [1.54, 1.807) is 12.1 Å². The standard InChI is InChI=1S/C28H40FN3O2/c1-28(15-18-30(19-16-28)22-9-3-4-10-22)27(34)31-17-14-25-24(31)12-6-7-13-26(33)32(25)20-21-8-2-5-11-23(21)29/h2,5,8,11,22,24-25H,3-4,6-7,9-10,12-20H2,1H3/t24-,25+/m1/s1. The Balaban J connectivity index is 1.30. The van der Waals surface area contributed by atoms with E-state index in [-0.39, 0.29) is 35.1 Å². The first-order chi connectivity index (χ1) is 16.5. The quantitative estimate of drug-likeness (QED) is 0.640. The van der Waals surface area contributed by atoms with Crippen LogP contribution in [-0.2, 0) is 16.1 Å². The van der Waals surface area contributed by atoms with E-state index in [0.717, 1.165) is 57.7 Å². The number of fused-ring (bicyclic) bond motifs is 1. The van der Waals surface area contributed by atoms with Crippen LogP contribution in [0, 0.1) is 11.2 Å². The first-order valence-corrected chi connectivity index (χ1v) is 13.5. The average molecular weight is 470 g/mol. The van der Waals surface area contributed by atoms with Crippen LogP contribution < -0.4 is 0 Å². The van der Waals surface area contributed by atoms with E-state index in [1.165, 1.54) is 31.7 Å². The van der Waals surface area contributed by atoms with E-state index < -0.39 is 0 Å². The molecule has 2 atom stereocenters. The second-order valence-electron chi connectivity index (χ2n) is 11.3. The molecule has 3 saturated heterocycles. The van der Waals surface area contributed by atoms with Crippen LogP contribution in [-0.4, -0.2) is 64.3 Å². The second-order valence-corrected chi connectivity index (χ2v) is 11.3. The summed E-state index contributed by atoms with van der Waals surface area (Å²) in [5, 5.41) is 0. The second kappa shape index (κ2) is 9.96. The fourth-order valence-corrected chi connectivity index (χ4v) is 6.99. The molecule has 0 aromatic heterocycles. The van der Waals surface area contributed by atoms with Gasteiger partial charge in [-0.3, -0.25) is 9.59 Å². The minimum atomic E-state index is -0.313. The third-order valence-electron chi connectivity index (χ3n) is 9.19. The van der Waals surface area contributed by atoms with Gasteiger partial charge in [-0.05, 0) is 64.1 Å². The highest BCUT2D eigenvalue weighted by Gasteiger charge is 2.48. The Morgan fingerprint density at radius 1 is 0.971 bits per heavy atom. The van der Waals surface area contributed by atoms with Crippen LogP contribution in [0.1, 0.15) is 83.1 Å². The van der Waals surface area contributed by atoms with Gasteiger partial charge < -0.3 is 14.7 Å². The molecule has 0 radical (unpaired) electrons. The molecule has 186 valence electrons. The van der Waals surface area contributed by atoms with Gasteiger partial charge in [0.15, 0.2) is 0 Å². The van der Waals surface area contributed by atoms with Crippen molar-refractivity contribution in [1.82, 2.24) is 14.7 Å². The number of nitrogens with zero attached hydrogens (tertiary/aromatic N) is 3. The molecule has 0 N–H and O–H groups in total. The molecule has 4 aliphatic rings. The van der Waals surface area contributed by atoms with E-state index in [4.69, 9.17) is 0 Å². The molecular weight excluding hydrogens is 429 g/mol. The van der Waals surface area contributed by atoms with E-state index in [2.05, 4.69) is 16.7 Å². The van der Waals surface area contributed by atoms with Gasteiger partial charge in [0.05, 0.1) is 12.1 Å². The molecule has 0 unspecified atom stereocenters. The van der Waals surface area contributed by atoms with Crippen LogP contribution in [0.3, 0.4) is 0 Å². The third-order valence-corrected chi connectivity index (χ3v) is 9.19. The van der Waals surface area contributed by atoms with E-state index >= 15 is 0 Å². The molecule has 3 heterocycles. The Bertz CT molecular complexity index is 891. The van der Waals surface area contributed by atoms with Crippen molar-refractivity contribution in [1.29, 1.82) is 0 Å². The molecule has 6 heteroatoms. The molecule has 0 spiro atoms. The molecule has 5 nitrogen and oxygen atoms in total. The lowest BCUT2D eigenvalue weighted by atomic mass is 9.78. The van der Waals surface area contributed by atoms with Gasteiger partial charge in [0.2, 0.25) is 11.8 Å². The molecule has 1 aliphatic carbocycles. The molecule has 34 heavy (non-hydrogen) atoms. The Labute approximate surface area is 203 Å². The summed E-state index contributed by atoms with van der Waals surface area (Å²) in [4.78, 5) is 33.7. The predicted molar refractivity (Wildman–Crippen MR) is 130 cm³/mol. The topological polar surface area (TPSA) is 43.9 Å². The van der Waals surface area contributed by atoms with Gasteiger partial charge in [-0.2, -0.15) is 0 Å². The third kappa shape index (κ3) is 4.62. The molecule has 1 aromatic rings. The van der Waals surface area contributed by atoms with Gasteiger partial charge in [0, 0.05) is 36.5 Å². The van der Waals surface area contributed by atoms with Crippen LogP contribution in [0.15, 0.2) is 24.3 Å². The number of amides is 2. The molecule has 4 fully saturated rings. The first-order valence-electron chi connectivity index (χ1n) is 13.5. The Kier molecular flexibility index (Phi) is 6.97. The van der Waals surface area contributed by atoms with Crippen molar-refractivity contribution in [2.24, 2.45) is 5.41 Å². The number of halogens is 1. The number of carbonyl (C=O) groups is 2. The molecular formula is C28H40FN3O2. The SMILES string of the molecule is CC1(C(=O)N2CC[C@H]3[C@H]2CCCCC(=O)N3Cc2ccccc2F)CCN(C2CCCC2)CC1. The van der Waals surface area contributed by atoms with Gasteiger partial charge in [-0.15, -0.1) is 0 Å². The number of carbonyl (C=O) groups excluding carboxylic acids is 2. The normalized spacial score (nSPS) is 28.6. The largest absolute Gasteiger partial charge is 0.337 e. The number of likely N-dealkylation sites (tertiary alicyclic amines) is 3. The maximum atomic E-state index is 14.4. The number of rotatable bonds is 4. The van der Waals surface area contributed by atoms with Gasteiger partial charge in [0.1, 0.15) is 5.82 Å². The monoisotopic (exact) mass is 469 g/mol. The average Bonchev–Trinajstić information content (AvgIpc) is 3.51. The van der Waals surface area contributed by atoms with Crippen LogP contribution in [0.2, 0.25) is 0 Å². The molecule has 2 amide bonds. The summed E-state index contributed by atoms with van der Waals surface area (Å²) in [6.45, 7) is 5.21. The van der Waals surface area contributed by atoms with Crippen molar-refractivity contribution < 1.29 is 14.0 Å². The number of hydrogen-bond acceptors (Lipinski definition) is 3. The molecule has 1 saturated carbocycles. The van der Waals surface area contributed by atoms with Crippen molar-refractivity contribution in [3.8, 4) is 0 Å². The Hall–Kier alpha value is -1.95. The van der Waals surface area contributed by atoms with Crippen LogP contribution >= 0.6 is 0 Å². The van der Waals surface area contributed by atoms with Crippen molar-refractivity contribution in [2.75, 3.05) is 19.6 Å². The lowest BCUT2D eigenvalue weighted by Gasteiger charge is -2.44. The van der Waals surface area contributed by atoms with Gasteiger partial charge >= 0.3 is 0 Å². The highest BCUT2D eigenvalue weighted by atomic mass is 19.1. The fourth-order valence-electron chi connectivity index (χ4n) is 6.99. The van der Waals surface area contributed by atoms with Crippen LogP contribution in [0.5, 0.6) is 0 Å². The summed E-state index contributed by atoms with van der Waals surface area (Å²) in [5.74, 6) is 0.120. The highest BCUT2D eigenvalue weighted by molar-refractivity contribution is 5.83. The summed E-state index contributed by atoms with van der Waals surface area (Å²) >= 11 is 0. The molecule has 5 rings (SSSR count). The number of hydrogen-bond donors (Lipinski definition) is 0. The van der Waals surface area contributed by atoms with Gasteiger partial charge in [-0.1, -0.05) is 44.4 Å². The maximum absolute atomic E-state index is 14.4. The Morgan fingerprint density at radius 3 is 2.41 bits per heavy atom. The molecule has 1 aromatic carbocycles. The highest BCUT2D eigenvalue weighted by Crippen LogP contribution is 2.40. The van der Waals surface area contributed by atoms with E-state index in [0.29, 0.717) is 25.1 Å². The van der Waals surface area contributed by atoms with E-state index in [1.807, 2.05) is 11.0 Å². The zero-order chi connectivity index (χ0) is 23.7. The fraction of sp³-hybridized carbons (Fsp3) is 0.714. The summed E-state index contributed by atoms with van der Waals surface area (Å²) in [6, 6.07) is 7.50. The van der Waals surface area contributed by atoms with Crippen molar-refractivity contribution >= 4 is 11.8 Å². The van der Waals surface area contributed by atoms with Crippen molar-refractivity contribution in [2.45, 2.75) is 102 Å². The number of piperidine rings is 1. The van der Waals surface area contributed by atoms with Crippen LogP contribution in [0.4, 0.5) is 4.39 Å². The minimum absolute atomic E-state index is 0.0152. The van der Waals surface area contributed by atoms with Gasteiger partial charge in [0.25, 0.3) is 0 Å². The molecule has 3 aliphatic heterocycles. The minimum Gasteiger partial charge on any atom is -0.337 e. The van der Waals surface area contributed by atoms with Gasteiger partial charge in [-0.25, -0.2) is 4.39 Å². The molecule has 0 bridgehead atoms. The lowest BCUT2D eigenvalue weighted by Crippen LogP contribution is -2.54. The number of benzene rings is 1.